The molecule has 0 N–H and O–H groups in total. The van der Waals surface area contributed by atoms with Gasteiger partial charge in [0.25, 0.3) is 10.0 Å². The number of alkyl halides is 1. The second-order valence-corrected chi connectivity index (χ2v) is 8.13. The lowest BCUT2D eigenvalue weighted by Crippen LogP contribution is -2.38. The Labute approximate surface area is 125 Å². The molecule has 0 spiro atoms. The number of unbranched alkanes of at least 4 members (excludes halogenated alkanes) is 1. The Morgan fingerprint density at radius 2 is 2.05 bits per heavy atom. The van der Waals surface area contributed by atoms with Gasteiger partial charge in [-0.25, -0.2) is 8.42 Å². The van der Waals surface area contributed by atoms with Crippen molar-refractivity contribution in [2.45, 2.75) is 56.2 Å². The van der Waals surface area contributed by atoms with Gasteiger partial charge in [0.2, 0.25) is 0 Å². The predicted molar refractivity (Wildman–Crippen MR) is 82.4 cm³/mol. The first kappa shape index (κ1) is 17.0. The molecule has 0 aliphatic heterocycles. The van der Waals surface area contributed by atoms with Crippen molar-refractivity contribution in [2.24, 2.45) is 0 Å². The number of nitrogens with zero attached hydrogens (tertiary/aromatic N) is 1. The van der Waals surface area contributed by atoms with E-state index >= 15 is 0 Å². The molecule has 1 aromatic heterocycles. The van der Waals surface area contributed by atoms with E-state index in [9.17, 15) is 8.42 Å². The van der Waals surface area contributed by atoms with E-state index < -0.39 is 10.0 Å². The summed E-state index contributed by atoms with van der Waals surface area (Å²) in [5.41, 5.74) is 0. The van der Waals surface area contributed by atoms with E-state index in [1.165, 1.54) is 11.3 Å². The van der Waals surface area contributed by atoms with Gasteiger partial charge in [-0.15, -0.1) is 22.9 Å². The maximum atomic E-state index is 12.7. The highest BCUT2D eigenvalue weighted by Gasteiger charge is 2.28. The van der Waals surface area contributed by atoms with Gasteiger partial charge in [-0.05, 0) is 31.9 Å². The van der Waals surface area contributed by atoms with Crippen LogP contribution in [-0.2, 0) is 15.9 Å². The second-order valence-electron chi connectivity index (χ2n) is 4.58. The Hall–Kier alpha value is -0.100. The Bertz CT molecular complexity index is 485. The third-order valence-corrected chi connectivity index (χ3v) is 7.16. The third kappa shape index (κ3) is 4.18. The molecule has 1 atom stereocenters. The van der Waals surface area contributed by atoms with Gasteiger partial charge in [-0.2, -0.15) is 4.31 Å². The van der Waals surface area contributed by atoms with E-state index in [4.69, 9.17) is 11.6 Å². The maximum Gasteiger partial charge on any atom is 0.252 e. The monoisotopic (exact) mass is 323 g/mol. The molecule has 3 nitrogen and oxygen atoms in total. The van der Waals surface area contributed by atoms with Crippen LogP contribution < -0.4 is 0 Å². The summed E-state index contributed by atoms with van der Waals surface area (Å²) in [5, 5.41) is 0. The van der Waals surface area contributed by atoms with Gasteiger partial charge in [0.05, 0.1) is 5.88 Å². The molecule has 0 aliphatic carbocycles. The van der Waals surface area contributed by atoms with Crippen LogP contribution in [0.2, 0.25) is 0 Å². The highest BCUT2D eigenvalue weighted by atomic mass is 35.5. The fourth-order valence-corrected chi connectivity index (χ4v) is 5.11. The van der Waals surface area contributed by atoms with E-state index in [2.05, 4.69) is 6.92 Å². The third-order valence-electron chi connectivity index (χ3n) is 3.15. The molecule has 1 heterocycles. The fourth-order valence-electron chi connectivity index (χ4n) is 1.78. The molecule has 0 amide bonds. The molecule has 19 heavy (non-hydrogen) atoms. The smallest absolute Gasteiger partial charge is 0.206 e. The second kappa shape index (κ2) is 7.62. The van der Waals surface area contributed by atoms with Crippen LogP contribution in [-0.4, -0.2) is 25.3 Å². The van der Waals surface area contributed by atoms with Crippen LogP contribution in [0.3, 0.4) is 0 Å². The first-order chi connectivity index (χ1) is 8.97. The molecule has 0 bridgehead atoms. The molecule has 6 heteroatoms. The van der Waals surface area contributed by atoms with Crippen LogP contribution in [0.25, 0.3) is 0 Å². The summed E-state index contributed by atoms with van der Waals surface area (Å²) in [6.07, 6.45) is 2.69. The van der Waals surface area contributed by atoms with Gasteiger partial charge in [0.15, 0.2) is 0 Å². The zero-order valence-corrected chi connectivity index (χ0v) is 14.1. The molecule has 0 aliphatic rings. The highest BCUT2D eigenvalue weighted by molar-refractivity contribution is 7.91. The highest BCUT2D eigenvalue weighted by Crippen LogP contribution is 2.27. The first-order valence-corrected chi connectivity index (χ1v) is 9.43. The lowest BCUT2D eigenvalue weighted by atomic mass is 10.2. The molecule has 0 saturated heterocycles. The molecule has 0 saturated carbocycles. The minimum atomic E-state index is -3.38. The number of hydrogen-bond donors (Lipinski definition) is 0. The predicted octanol–water partition coefficient (Wildman–Crippen LogP) is 4.08. The van der Waals surface area contributed by atoms with Crippen molar-refractivity contribution >= 4 is 33.0 Å². The van der Waals surface area contributed by atoms with E-state index in [-0.39, 0.29) is 6.04 Å². The van der Waals surface area contributed by atoms with Gasteiger partial charge in [-0.3, -0.25) is 0 Å². The Morgan fingerprint density at radius 1 is 1.37 bits per heavy atom. The number of thiophene rings is 1. The molecular weight excluding hydrogens is 302 g/mol. The summed E-state index contributed by atoms with van der Waals surface area (Å²) in [4.78, 5) is 0.889. The SMILES string of the molecule is CCCCN(C(C)CC)S(=O)(=O)c1ccc(CCl)s1. The quantitative estimate of drug-likeness (QED) is 0.676. The average Bonchev–Trinajstić information content (AvgIpc) is 2.88. The number of hydrogen-bond acceptors (Lipinski definition) is 3. The van der Waals surface area contributed by atoms with Crippen molar-refractivity contribution in [3.63, 3.8) is 0 Å². The Morgan fingerprint density at radius 3 is 2.53 bits per heavy atom. The Kier molecular flexibility index (Phi) is 6.80. The van der Waals surface area contributed by atoms with Crippen LogP contribution in [0, 0.1) is 0 Å². The summed E-state index contributed by atoms with van der Waals surface area (Å²) in [7, 11) is -3.38. The molecule has 1 aromatic rings. The lowest BCUT2D eigenvalue weighted by molar-refractivity contribution is 0.325. The number of sulfonamides is 1. The largest absolute Gasteiger partial charge is 0.252 e. The van der Waals surface area contributed by atoms with Crippen molar-refractivity contribution in [2.75, 3.05) is 6.54 Å². The standard InChI is InChI=1S/C13H22ClNO2S2/c1-4-6-9-15(11(3)5-2)19(16,17)13-8-7-12(10-14)18-13/h7-8,11H,4-6,9-10H2,1-3H3. The summed E-state index contributed by atoms with van der Waals surface area (Å²) in [6.45, 7) is 6.63. The molecule has 110 valence electrons. The summed E-state index contributed by atoms with van der Waals surface area (Å²) >= 11 is 7.01. The van der Waals surface area contributed by atoms with Gasteiger partial charge in [0.1, 0.15) is 4.21 Å². The maximum absolute atomic E-state index is 12.7. The van der Waals surface area contributed by atoms with Crippen molar-refractivity contribution in [1.29, 1.82) is 0 Å². The minimum Gasteiger partial charge on any atom is -0.206 e. The van der Waals surface area contributed by atoms with E-state index in [1.54, 1.807) is 16.4 Å². The molecule has 1 unspecified atom stereocenters. The molecule has 0 aromatic carbocycles. The zero-order valence-electron chi connectivity index (χ0n) is 11.7. The fraction of sp³-hybridized carbons (Fsp3) is 0.692. The van der Waals surface area contributed by atoms with Gasteiger partial charge < -0.3 is 0 Å². The minimum absolute atomic E-state index is 0.0260. The van der Waals surface area contributed by atoms with Crippen molar-refractivity contribution < 1.29 is 8.42 Å². The van der Waals surface area contributed by atoms with Crippen LogP contribution in [0.5, 0.6) is 0 Å². The summed E-state index contributed by atoms with van der Waals surface area (Å²) in [6, 6.07) is 3.48. The van der Waals surface area contributed by atoms with Crippen molar-refractivity contribution in [3.05, 3.63) is 17.0 Å². The van der Waals surface area contributed by atoms with Gasteiger partial charge in [0, 0.05) is 17.5 Å². The van der Waals surface area contributed by atoms with E-state index in [0.29, 0.717) is 16.6 Å². The first-order valence-electron chi connectivity index (χ1n) is 6.63. The van der Waals surface area contributed by atoms with Crippen LogP contribution in [0.4, 0.5) is 0 Å². The zero-order chi connectivity index (χ0) is 14.5. The van der Waals surface area contributed by atoms with Crippen LogP contribution in [0.1, 0.15) is 44.9 Å². The summed E-state index contributed by atoms with van der Waals surface area (Å²) in [5.74, 6) is 0.360. The molecule has 0 fully saturated rings. The number of rotatable bonds is 8. The van der Waals surface area contributed by atoms with E-state index in [0.717, 1.165) is 24.1 Å². The molecule has 1 rings (SSSR count). The molecular formula is C13H22ClNO2S2. The lowest BCUT2D eigenvalue weighted by Gasteiger charge is -2.26. The Balaban J connectivity index is 3.04. The van der Waals surface area contributed by atoms with Crippen molar-refractivity contribution in [1.82, 2.24) is 4.31 Å². The van der Waals surface area contributed by atoms with Crippen molar-refractivity contribution in [3.8, 4) is 0 Å². The van der Waals surface area contributed by atoms with E-state index in [1.807, 2.05) is 13.8 Å². The molecule has 0 radical (unpaired) electrons. The average molecular weight is 324 g/mol. The summed E-state index contributed by atoms with van der Waals surface area (Å²) < 4.78 is 27.3. The normalized spacial score (nSPS) is 13.9. The number of halogens is 1. The topological polar surface area (TPSA) is 37.4 Å². The van der Waals surface area contributed by atoms with Gasteiger partial charge in [-0.1, -0.05) is 20.3 Å². The van der Waals surface area contributed by atoms with Gasteiger partial charge >= 0.3 is 0 Å². The van der Waals surface area contributed by atoms with Crippen LogP contribution >= 0.6 is 22.9 Å². The van der Waals surface area contributed by atoms with Crippen LogP contribution in [0.15, 0.2) is 16.3 Å².